The number of allylic oxidation sites excluding steroid dienone is 1. The molecule has 0 unspecified atom stereocenters. The second-order valence-corrected chi connectivity index (χ2v) is 8.22. The summed E-state index contributed by atoms with van der Waals surface area (Å²) >= 11 is 3.32. The summed E-state index contributed by atoms with van der Waals surface area (Å²) in [6, 6.07) is 10.2. The van der Waals surface area contributed by atoms with E-state index in [9.17, 15) is 0 Å². The van der Waals surface area contributed by atoms with Crippen LogP contribution in [0.15, 0.2) is 52.6 Å². The van der Waals surface area contributed by atoms with Gasteiger partial charge in [0.1, 0.15) is 0 Å². The molecule has 0 saturated carbocycles. The maximum atomic E-state index is 5.89. The number of hydrogen-bond acceptors (Lipinski definition) is 6. The molecule has 5 nitrogen and oxygen atoms in total. The molecule has 0 atom stereocenters. The van der Waals surface area contributed by atoms with E-state index in [1.165, 1.54) is 10.4 Å². The Kier molecular flexibility index (Phi) is 5.13. The third-order valence-corrected chi connectivity index (χ3v) is 6.61. The molecule has 0 amide bonds. The molecule has 0 N–H and O–H groups in total. The second-order valence-electron chi connectivity index (χ2n) is 6.14. The number of aryl methyl sites for hydroxylation is 2. The molecule has 138 valence electrons. The van der Waals surface area contributed by atoms with Crippen LogP contribution in [-0.2, 0) is 18.7 Å². The van der Waals surface area contributed by atoms with Crippen molar-refractivity contribution in [2.75, 3.05) is 0 Å². The maximum absolute atomic E-state index is 5.89. The SMILES string of the molecule is C=CCn1c(SCc2nnc(-c3cc(C)c(CC)s3)o2)nc2ccccc21. The Morgan fingerprint density at radius 2 is 2.15 bits per heavy atom. The zero-order chi connectivity index (χ0) is 18.8. The van der Waals surface area contributed by atoms with Crippen LogP contribution >= 0.6 is 23.1 Å². The zero-order valence-corrected chi connectivity index (χ0v) is 16.9. The largest absolute Gasteiger partial charge is 0.419 e. The van der Waals surface area contributed by atoms with Crippen molar-refractivity contribution < 1.29 is 4.42 Å². The quantitative estimate of drug-likeness (QED) is 0.305. The molecule has 3 aromatic heterocycles. The number of thioether (sulfide) groups is 1. The fourth-order valence-electron chi connectivity index (χ4n) is 2.98. The number of imidazole rings is 1. The first kappa shape index (κ1) is 18.0. The average Bonchev–Trinajstić information content (AvgIpc) is 3.37. The Morgan fingerprint density at radius 1 is 1.30 bits per heavy atom. The lowest BCUT2D eigenvalue weighted by Crippen LogP contribution is -1.97. The predicted molar refractivity (Wildman–Crippen MR) is 111 cm³/mol. The van der Waals surface area contributed by atoms with E-state index in [4.69, 9.17) is 9.40 Å². The lowest BCUT2D eigenvalue weighted by atomic mass is 10.2. The van der Waals surface area contributed by atoms with Crippen LogP contribution in [0.3, 0.4) is 0 Å². The van der Waals surface area contributed by atoms with E-state index in [1.54, 1.807) is 23.1 Å². The molecule has 0 fully saturated rings. The van der Waals surface area contributed by atoms with Gasteiger partial charge >= 0.3 is 0 Å². The van der Waals surface area contributed by atoms with Gasteiger partial charge in [0.25, 0.3) is 5.89 Å². The Morgan fingerprint density at radius 3 is 2.93 bits per heavy atom. The first-order chi connectivity index (χ1) is 13.2. The number of hydrogen-bond donors (Lipinski definition) is 0. The van der Waals surface area contributed by atoms with Gasteiger partial charge in [-0.25, -0.2) is 4.98 Å². The summed E-state index contributed by atoms with van der Waals surface area (Å²) in [5.74, 6) is 1.78. The van der Waals surface area contributed by atoms with Gasteiger partial charge in [-0.3, -0.25) is 0 Å². The van der Waals surface area contributed by atoms with Crippen molar-refractivity contribution in [3.8, 4) is 10.8 Å². The highest BCUT2D eigenvalue weighted by Crippen LogP contribution is 2.32. The summed E-state index contributed by atoms with van der Waals surface area (Å²) in [6.07, 6.45) is 2.90. The number of nitrogens with zero attached hydrogens (tertiary/aromatic N) is 4. The van der Waals surface area contributed by atoms with Crippen molar-refractivity contribution in [3.05, 3.63) is 59.3 Å². The Bertz CT molecular complexity index is 1090. The molecule has 0 aliphatic heterocycles. The van der Waals surface area contributed by atoms with Crippen molar-refractivity contribution in [2.24, 2.45) is 0 Å². The average molecular weight is 397 g/mol. The van der Waals surface area contributed by atoms with Gasteiger partial charge in [0.15, 0.2) is 5.16 Å². The van der Waals surface area contributed by atoms with Crippen molar-refractivity contribution in [2.45, 2.75) is 37.7 Å². The number of benzene rings is 1. The summed E-state index contributed by atoms with van der Waals surface area (Å²) in [7, 11) is 0. The molecule has 7 heteroatoms. The summed E-state index contributed by atoms with van der Waals surface area (Å²) in [6.45, 7) is 8.85. The fourth-order valence-corrected chi connectivity index (χ4v) is 4.88. The van der Waals surface area contributed by atoms with E-state index in [1.807, 2.05) is 24.3 Å². The maximum Gasteiger partial charge on any atom is 0.257 e. The molecule has 0 aliphatic rings. The number of fused-ring (bicyclic) bond motifs is 1. The summed E-state index contributed by atoms with van der Waals surface area (Å²) in [5.41, 5.74) is 3.37. The minimum atomic E-state index is 0.582. The number of thiophene rings is 1. The third kappa shape index (κ3) is 3.57. The van der Waals surface area contributed by atoms with Crippen LogP contribution in [0, 0.1) is 6.92 Å². The molecule has 0 spiro atoms. The second kappa shape index (κ2) is 7.70. The van der Waals surface area contributed by atoms with Gasteiger partial charge in [0.05, 0.1) is 21.7 Å². The highest BCUT2D eigenvalue weighted by Gasteiger charge is 2.15. The summed E-state index contributed by atoms with van der Waals surface area (Å²) in [5, 5.41) is 9.37. The Labute approximate surface area is 166 Å². The van der Waals surface area contributed by atoms with E-state index >= 15 is 0 Å². The zero-order valence-electron chi connectivity index (χ0n) is 15.3. The van der Waals surface area contributed by atoms with E-state index in [0.29, 0.717) is 24.1 Å². The van der Waals surface area contributed by atoms with Gasteiger partial charge in [0, 0.05) is 11.4 Å². The van der Waals surface area contributed by atoms with Gasteiger partial charge in [-0.15, -0.1) is 28.1 Å². The topological polar surface area (TPSA) is 56.7 Å². The first-order valence-corrected chi connectivity index (χ1v) is 10.6. The van der Waals surface area contributed by atoms with Crippen molar-refractivity contribution in [3.63, 3.8) is 0 Å². The fraction of sp³-hybridized carbons (Fsp3) is 0.250. The first-order valence-electron chi connectivity index (χ1n) is 8.80. The molecule has 4 rings (SSSR count). The molecule has 27 heavy (non-hydrogen) atoms. The Hall–Kier alpha value is -2.38. The molecular formula is C20H20N4OS2. The summed E-state index contributed by atoms with van der Waals surface area (Å²) < 4.78 is 8.04. The van der Waals surface area contributed by atoms with E-state index < -0.39 is 0 Å². The van der Waals surface area contributed by atoms with Crippen molar-refractivity contribution in [1.82, 2.24) is 19.7 Å². The van der Waals surface area contributed by atoms with Crippen molar-refractivity contribution >= 4 is 34.1 Å². The molecule has 0 aliphatic carbocycles. The van der Waals surface area contributed by atoms with Gasteiger partial charge in [-0.05, 0) is 37.1 Å². The molecule has 0 bridgehead atoms. The monoisotopic (exact) mass is 396 g/mol. The lowest BCUT2D eigenvalue weighted by molar-refractivity contribution is 0.529. The van der Waals surface area contributed by atoms with Gasteiger partial charge < -0.3 is 8.98 Å². The van der Waals surface area contributed by atoms with Crippen LogP contribution in [0.1, 0.15) is 23.3 Å². The van der Waals surface area contributed by atoms with E-state index in [2.05, 4.69) is 47.3 Å². The minimum Gasteiger partial charge on any atom is -0.419 e. The molecule has 3 heterocycles. The molecular weight excluding hydrogens is 376 g/mol. The minimum absolute atomic E-state index is 0.582. The predicted octanol–water partition coefficient (Wildman–Crippen LogP) is 5.50. The van der Waals surface area contributed by atoms with Crippen LogP contribution in [0.25, 0.3) is 21.8 Å². The van der Waals surface area contributed by atoms with Gasteiger partial charge in [-0.2, -0.15) is 0 Å². The van der Waals surface area contributed by atoms with Gasteiger partial charge in [0.2, 0.25) is 5.89 Å². The van der Waals surface area contributed by atoms with E-state index in [0.717, 1.165) is 27.5 Å². The Balaban J connectivity index is 1.54. The van der Waals surface area contributed by atoms with Gasteiger partial charge in [-0.1, -0.05) is 36.9 Å². The van der Waals surface area contributed by atoms with Crippen molar-refractivity contribution in [1.29, 1.82) is 0 Å². The smallest absolute Gasteiger partial charge is 0.257 e. The number of rotatable bonds is 7. The normalized spacial score (nSPS) is 11.3. The van der Waals surface area contributed by atoms with Crippen LogP contribution < -0.4 is 0 Å². The lowest BCUT2D eigenvalue weighted by Gasteiger charge is -2.04. The molecule has 4 aromatic rings. The summed E-state index contributed by atoms with van der Waals surface area (Å²) in [4.78, 5) is 7.12. The number of para-hydroxylation sites is 2. The van der Waals surface area contributed by atoms with Crippen LogP contribution in [0.5, 0.6) is 0 Å². The molecule has 0 radical (unpaired) electrons. The van der Waals surface area contributed by atoms with Crippen LogP contribution in [-0.4, -0.2) is 19.7 Å². The highest BCUT2D eigenvalue weighted by molar-refractivity contribution is 7.98. The third-order valence-electron chi connectivity index (χ3n) is 4.28. The molecule has 0 saturated heterocycles. The van der Waals surface area contributed by atoms with Crippen LogP contribution in [0.2, 0.25) is 0 Å². The van der Waals surface area contributed by atoms with E-state index in [-0.39, 0.29) is 0 Å². The molecule has 1 aromatic carbocycles. The number of aromatic nitrogens is 4. The highest BCUT2D eigenvalue weighted by atomic mass is 32.2. The van der Waals surface area contributed by atoms with Crippen LogP contribution in [0.4, 0.5) is 0 Å². The standard InChI is InChI=1S/C20H20N4OS2/c1-4-10-24-15-9-7-6-8-14(15)21-20(24)26-12-18-22-23-19(25-18)17-11-13(3)16(5-2)27-17/h4,6-9,11H,1,5,10,12H2,2-3H3.